The molecule has 0 spiro atoms. The lowest BCUT2D eigenvalue weighted by Gasteiger charge is -2.20. The molecule has 1 atom stereocenters. The van der Waals surface area contributed by atoms with E-state index in [1.165, 1.54) is 30.4 Å². The third-order valence-corrected chi connectivity index (χ3v) is 5.97. The number of aromatic nitrogens is 1. The maximum absolute atomic E-state index is 13.4. The van der Waals surface area contributed by atoms with Crippen molar-refractivity contribution in [2.24, 2.45) is 0 Å². The Morgan fingerprint density at radius 1 is 1.44 bits per heavy atom. The number of hydrogen-bond donors (Lipinski definition) is 1. The standard InChI is InChI=1S/C15H18F2N2O4S2/c1-3-15(16,17)7-6-12(14(20)23-2)19-25(21,22)10-4-5-11-13(8-10)24-9-18-11/h4-5,8-9,12,19H,3,6-7H2,1-2H3/t12-/m0/s1. The van der Waals surface area contributed by atoms with Crippen LogP contribution < -0.4 is 4.72 Å². The number of fused-ring (bicyclic) bond motifs is 1. The molecule has 138 valence electrons. The molecule has 0 saturated carbocycles. The van der Waals surface area contributed by atoms with Crippen LogP contribution in [0.4, 0.5) is 8.78 Å². The number of sulfonamides is 1. The predicted octanol–water partition coefficient (Wildman–Crippen LogP) is 2.94. The number of methoxy groups -OCH3 is 1. The Kier molecular flexibility index (Phi) is 6.07. The maximum atomic E-state index is 13.4. The van der Waals surface area contributed by atoms with E-state index in [2.05, 4.69) is 14.4 Å². The first-order valence-electron chi connectivity index (χ1n) is 7.50. The molecule has 25 heavy (non-hydrogen) atoms. The number of carbonyl (C=O) groups excluding carboxylic acids is 1. The molecule has 1 N–H and O–H groups in total. The molecule has 2 aromatic rings. The third kappa shape index (κ3) is 4.93. The van der Waals surface area contributed by atoms with Crippen molar-refractivity contribution < 1.29 is 26.7 Å². The molecule has 0 bridgehead atoms. The van der Waals surface area contributed by atoms with Gasteiger partial charge in [-0.05, 0) is 24.6 Å². The van der Waals surface area contributed by atoms with E-state index < -0.39 is 40.8 Å². The summed E-state index contributed by atoms with van der Waals surface area (Å²) in [4.78, 5) is 15.8. The molecule has 0 aliphatic carbocycles. The zero-order valence-electron chi connectivity index (χ0n) is 13.7. The number of nitrogens with one attached hydrogen (secondary N) is 1. The lowest BCUT2D eigenvalue weighted by atomic mass is 10.1. The topological polar surface area (TPSA) is 85.4 Å². The maximum Gasteiger partial charge on any atom is 0.323 e. The number of esters is 1. The van der Waals surface area contributed by atoms with Crippen LogP contribution in [-0.2, 0) is 19.6 Å². The fourth-order valence-electron chi connectivity index (χ4n) is 2.16. The molecule has 0 amide bonds. The fraction of sp³-hybridized carbons (Fsp3) is 0.467. The van der Waals surface area contributed by atoms with Gasteiger partial charge in [0, 0.05) is 12.8 Å². The number of halogens is 2. The highest BCUT2D eigenvalue weighted by atomic mass is 32.2. The van der Waals surface area contributed by atoms with Gasteiger partial charge in [0.05, 0.1) is 27.7 Å². The molecular formula is C15H18F2N2O4S2. The highest BCUT2D eigenvalue weighted by molar-refractivity contribution is 7.89. The van der Waals surface area contributed by atoms with E-state index in [-0.39, 0.29) is 11.3 Å². The predicted molar refractivity (Wildman–Crippen MR) is 90.2 cm³/mol. The fourth-order valence-corrected chi connectivity index (χ4v) is 4.19. The summed E-state index contributed by atoms with van der Waals surface area (Å²) in [5.74, 6) is -3.88. The van der Waals surface area contributed by atoms with Crippen LogP contribution in [0.2, 0.25) is 0 Å². The minimum Gasteiger partial charge on any atom is -0.468 e. The average Bonchev–Trinajstić information content (AvgIpc) is 3.05. The molecule has 0 unspecified atom stereocenters. The first-order valence-corrected chi connectivity index (χ1v) is 9.86. The highest BCUT2D eigenvalue weighted by Gasteiger charge is 2.32. The van der Waals surface area contributed by atoms with Crippen molar-refractivity contribution in [3.8, 4) is 0 Å². The van der Waals surface area contributed by atoms with Crippen LogP contribution in [0.1, 0.15) is 26.2 Å². The Labute approximate surface area is 148 Å². The Morgan fingerprint density at radius 2 is 2.16 bits per heavy atom. The second-order valence-corrected chi connectivity index (χ2v) is 8.03. The van der Waals surface area contributed by atoms with Gasteiger partial charge in [0.2, 0.25) is 15.9 Å². The third-order valence-electron chi connectivity index (χ3n) is 3.71. The molecule has 0 radical (unpaired) electrons. The van der Waals surface area contributed by atoms with Gasteiger partial charge in [-0.15, -0.1) is 11.3 Å². The van der Waals surface area contributed by atoms with Gasteiger partial charge in [-0.2, -0.15) is 4.72 Å². The molecule has 2 rings (SSSR count). The molecule has 0 fully saturated rings. The van der Waals surface area contributed by atoms with Gasteiger partial charge in [0.15, 0.2) is 0 Å². The summed E-state index contributed by atoms with van der Waals surface area (Å²) in [6, 6.07) is 2.92. The molecular weight excluding hydrogens is 374 g/mol. The summed E-state index contributed by atoms with van der Waals surface area (Å²) in [7, 11) is -3.00. The summed E-state index contributed by atoms with van der Waals surface area (Å²) in [5.41, 5.74) is 2.23. The molecule has 0 aliphatic rings. The normalized spacial score (nSPS) is 13.8. The van der Waals surface area contributed by atoms with Gasteiger partial charge in [-0.1, -0.05) is 6.92 Å². The van der Waals surface area contributed by atoms with Crippen molar-refractivity contribution in [3.63, 3.8) is 0 Å². The zero-order chi connectivity index (χ0) is 18.7. The molecule has 10 heteroatoms. The summed E-state index contributed by atoms with van der Waals surface area (Å²) < 4.78 is 59.2. The van der Waals surface area contributed by atoms with Crippen molar-refractivity contribution >= 4 is 37.5 Å². The van der Waals surface area contributed by atoms with E-state index in [0.29, 0.717) is 10.2 Å². The summed E-state index contributed by atoms with van der Waals surface area (Å²) in [6.45, 7) is 1.32. The van der Waals surface area contributed by atoms with Gasteiger partial charge in [-0.3, -0.25) is 4.79 Å². The lowest BCUT2D eigenvalue weighted by molar-refractivity contribution is -0.143. The quantitative estimate of drug-likeness (QED) is 0.698. The van der Waals surface area contributed by atoms with E-state index in [4.69, 9.17) is 0 Å². The number of thiazole rings is 1. The first-order chi connectivity index (χ1) is 11.7. The number of carbonyl (C=O) groups is 1. The van der Waals surface area contributed by atoms with Crippen LogP contribution in [0.15, 0.2) is 28.6 Å². The van der Waals surface area contributed by atoms with E-state index >= 15 is 0 Å². The van der Waals surface area contributed by atoms with Gasteiger partial charge in [0.25, 0.3) is 0 Å². The minimum absolute atomic E-state index is 0.0691. The van der Waals surface area contributed by atoms with Crippen molar-refractivity contribution in [1.29, 1.82) is 0 Å². The second kappa shape index (κ2) is 7.71. The Balaban J connectivity index is 2.21. The number of ether oxygens (including phenoxy) is 1. The summed E-state index contributed by atoms with van der Waals surface area (Å²) in [5, 5.41) is 0. The highest BCUT2D eigenvalue weighted by Crippen LogP contribution is 2.26. The molecule has 1 aromatic carbocycles. The first kappa shape index (κ1) is 19.7. The molecule has 0 aliphatic heterocycles. The SMILES string of the molecule is CCC(F)(F)CC[C@H](NS(=O)(=O)c1ccc2ncsc2c1)C(=O)OC. The van der Waals surface area contributed by atoms with E-state index in [0.717, 1.165) is 7.11 Å². The Morgan fingerprint density at radius 3 is 2.80 bits per heavy atom. The summed E-state index contributed by atoms with van der Waals surface area (Å²) >= 11 is 1.27. The Hall–Kier alpha value is -1.65. The monoisotopic (exact) mass is 392 g/mol. The largest absolute Gasteiger partial charge is 0.468 e. The minimum atomic E-state index is -4.08. The van der Waals surface area contributed by atoms with Crippen molar-refractivity contribution in [3.05, 3.63) is 23.7 Å². The van der Waals surface area contributed by atoms with Gasteiger partial charge in [-0.25, -0.2) is 22.2 Å². The number of nitrogens with zero attached hydrogens (tertiary/aromatic N) is 1. The van der Waals surface area contributed by atoms with Crippen LogP contribution in [0, 0.1) is 0 Å². The van der Waals surface area contributed by atoms with Crippen LogP contribution in [0.3, 0.4) is 0 Å². The molecule has 6 nitrogen and oxygen atoms in total. The Bertz CT molecular complexity index is 852. The van der Waals surface area contributed by atoms with Gasteiger partial charge in [0.1, 0.15) is 6.04 Å². The lowest BCUT2D eigenvalue weighted by Crippen LogP contribution is -2.42. The molecule has 0 saturated heterocycles. The second-order valence-electron chi connectivity index (χ2n) is 5.43. The van der Waals surface area contributed by atoms with Gasteiger partial charge < -0.3 is 4.74 Å². The zero-order valence-corrected chi connectivity index (χ0v) is 15.3. The van der Waals surface area contributed by atoms with Crippen molar-refractivity contribution in [2.45, 2.75) is 43.0 Å². The average molecular weight is 392 g/mol. The van der Waals surface area contributed by atoms with Crippen molar-refractivity contribution in [2.75, 3.05) is 7.11 Å². The number of benzene rings is 1. The summed E-state index contributed by atoms with van der Waals surface area (Å²) in [6.07, 6.45) is -1.38. The molecule has 1 heterocycles. The molecule has 1 aromatic heterocycles. The van der Waals surface area contributed by atoms with Crippen LogP contribution in [0.25, 0.3) is 10.2 Å². The van der Waals surface area contributed by atoms with Crippen LogP contribution >= 0.6 is 11.3 Å². The van der Waals surface area contributed by atoms with E-state index in [1.807, 2.05) is 0 Å². The smallest absolute Gasteiger partial charge is 0.323 e. The van der Waals surface area contributed by atoms with E-state index in [1.54, 1.807) is 11.6 Å². The number of alkyl halides is 2. The number of rotatable bonds is 8. The van der Waals surface area contributed by atoms with E-state index in [9.17, 15) is 22.0 Å². The number of hydrogen-bond acceptors (Lipinski definition) is 6. The van der Waals surface area contributed by atoms with Crippen LogP contribution in [-0.4, -0.2) is 38.4 Å². The van der Waals surface area contributed by atoms with Crippen LogP contribution in [0.5, 0.6) is 0 Å². The van der Waals surface area contributed by atoms with Crippen molar-refractivity contribution in [1.82, 2.24) is 9.71 Å². The van der Waals surface area contributed by atoms with Gasteiger partial charge >= 0.3 is 5.97 Å².